The van der Waals surface area contributed by atoms with Crippen LogP contribution in [0.1, 0.15) is 41.2 Å². The first-order valence-corrected chi connectivity index (χ1v) is 7.64. The molecule has 5 nitrogen and oxygen atoms in total. The third kappa shape index (κ3) is 2.21. The number of nitrogens with zero attached hydrogens (tertiary/aromatic N) is 1. The van der Waals surface area contributed by atoms with Gasteiger partial charge >= 0.3 is 0 Å². The Labute approximate surface area is 123 Å². The summed E-state index contributed by atoms with van der Waals surface area (Å²) in [5.41, 5.74) is 1.66. The van der Waals surface area contributed by atoms with Crippen molar-refractivity contribution >= 4 is 11.8 Å². The molecule has 3 atom stereocenters. The molecule has 0 unspecified atom stereocenters. The van der Waals surface area contributed by atoms with Gasteiger partial charge in [0.2, 0.25) is 5.91 Å². The van der Waals surface area contributed by atoms with Gasteiger partial charge in [0.25, 0.3) is 5.91 Å². The highest BCUT2D eigenvalue weighted by molar-refractivity contribution is 5.99. The molecule has 0 aliphatic carbocycles. The van der Waals surface area contributed by atoms with Gasteiger partial charge in [0, 0.05) is 30.7 Å². The quantitative estimate of drug-likeness (QED) is 0.846. The summed E-state index contributed by atoms with van der Waals surface area (Å²) in [4.78, 5) is 26.4. The fourth-order valence-corrected chi connectivity index (χ4v) is 3.79. The highest BCUT2D eigenvalue weighted by Crippen LogP contribution is 2.29. The molecule has 2 saturated heterocycles. The van der Waals surface area contributed by atoms with Gasteiger partial charge in [-0.2, -0.15) is 0 Å². The maximum Gasteiger partial charge on any atom is 0.252 e. The van der Waals surface area contributed by atoms with Gasteiger partial charge in [0.15, 0.2) is 0 Å². The molecule has 3 heterocycles. The van der Waals surface area contributed by atoms with Gasteiger partial charge in [-0.25, -0.2) is 0 Å². The molecule has 110 valence electrons. The topological polar surface area (TPSA) is 61.4 Å². The predicted octanol–water partition coefficient (Wildman–Crippen LogP) is 0.824. The van der Waals surface area contributed by atoms with E-state index in [0.29, 0.717) is 24.1 Å². The number of likely N-dealkylation sites (tertiary alicyclic amines) is 1. The van der Waals surface area contributed by atoms with Gasteiger partial charge in [-0.3, -0.25) is 9.59 Å². The van der Waals surface area contributed by atoms with Crippen molar-refractivity contribution in [1.29, 1.82) is 0 Å². The summed E-state index contributed by atoms with van der Waals surface area (Å²) in [6.45, 7) is 1.61. The van der Waals surface area contributed by atoms with Crippen LogP contribution in [0.3, 0.4) is 0 Å². The summed E-state index contributed by atoms with van der Waals surface area (Å²) in [5, 5.41) is 6.45. The molecule has 0 aromatic heterocycles. The van der Waals surface area contributed by atoms with Gasteiger partial charge < -0.3 is 15.5 Å². The number of hydrogen-bond acceptors (Lipinski definition) is 3. The van der Waals surface area contributed by atoms with Crippen molar-refractivity contribution < 1.29 is 9.59 Å². The Morgan fingerprint density at radius 1 is 1.19 bits per heavy atom. The first-order valence-electron chi connectivity index (χ1n) is 7.64. The SMILES string of the molecule is O=C1N[C@H](CC(=O)N2C[C@H]3CC[C@@H](C2)N3)c2ccccc21. The lowest BCUT2D eigenvalue weighted by Gasteiger charge is -2.33. The number of piperazine rings is 1. The average molecular weight is 285 g/mol. The minimum absolute atomic E-state index is 0.0659. The van der Waals surface area contributed by atoms with Crippen LogP contribution in [0.4, 0.5) is 0 Å². The van der Waals surface area contributed by atoms with Crippen molar-refractivity contribution in [3.63, 3.8) is 0 Å². The minimum Gasteiger partial charge on any atom is -0.345 e. The summed E-state index contributed by atoms with van der Waals surface area (Å²) >= 11 is 0. The second-order valence-electron chi connectivity index (χ2n) is 6.25. The van der Waals surface area contributed by atoms with Crippen LogP contribution >= 0.6 is 0 Å². The van der Waals surface area contributed by atoms with E-state index >= 15 is 0 Å². The molecule has 1 aromatic carbocycles. The number of amides is 2. The molecule has 1 aromatic rings. The van der Waals surface area contributed by atoms with Crippen LogP contribution < -0.4 is 10.6 Å². The summed E-state index contributed by atoms with van der Waals surface area (Å²) in [5.74, 6) is 0.0826. The van der Waals surface area contributed by atoms with Crippen LogP contribution in [0.2, 0.25) is 0 Å². The second-order valence-corrected chi connectivity index (χ2v) is 6.25. The third-order valence-electron chi connectivity index (χ3n) is 4.83. The van der Waals surface area contributed by atoms with Crippen molar-refractivity contribution in [3.8, 4) is 0 Å². The Balaban J connectivity index is 1.47. The number of hydrogen-bond donors (Lipinski definition) is 2. The average Bonchev–Trinajstić information content (AvgIpc) is 2.99. The number of nitrogens with one attached hydrogen (secondary N) is 2. The minimum atomic E-state index is -0.172. The molecule has 0 radical (unpaired) electrons. The van der Waals surface area contributed by atoms with Crippen molar-refractivity contribution in [1.82, 2.24) is 15.5 Å². The van der Waals surface area contributed by atoms with Crippen LogP contribution in [0.25, 0.3) is 0 Å². The van der Waals surface area contributed by atoms with Gasteiger partial charge in [0.1, 0.15) is 0 Å². The Kier molecular flexibility index (Phi) is 2.96. The molecule has 21 heavy (non-hydrogen) atoms. The van der Waals surface area contributed by atoms with E-state index in [-0.39, 0.29) is 17.9 Å². The first-order chi connectivity index (χ1) is 10.2. The highest BCUT2D eigenvalue weighted by atomic mass is 16.2. The molecule has 2 N–H and O–H groups in total. The fraction of sp³-hybridized carbons (Fsp3) is 0.500. The monoisotopic (exact) mass is 285 g/mol. The van der Waals surface area contributed by atoms with Crippen LogP contribution in [-0.4, -0.2) is 41.9 Å². The predicted molar refractivity (Wildman–Crippen MR) is 77.8 cm³/mol. The molecule has 2 amide bonds. The first kappa shape index (κ1) is 12.8. The van der Waals surface area contributed by atoms with Crippen LogP contribution in [-0.2, 0) is 4.79 Å². The van der Waals surface area contributed by atoms with Gasteiger partial charge in [0.05, 0.1) is 12.5 Å². The van der Waals surface area contributed by atoms with E-state index in [1.807, 2.05) is 29.2 Å². The zero-order valence-corrected chi connectivity index (χ0v) is 11.8. The normalized spacial score (nSPS) is 30.2. The summed E-state index contributed by atoms with van der Waals surface area (Å²) in [7, 11) is 0. The number of carbonyl (C=O) groups excluding carboxylic acids is 2. The molecule has 0 spiro atoms. The molecule has 2 fully saturated rings. The summed E-state index contributed by atoms with van der Waals surface area (Å²) in [6.07, 6.45) is 2.69. The van der Waals surface area contributed by atoms with Gasteiger partial charge in [-0.1, -0.05) is 18.2 Å². The number of carbonyl (C=O) groups is 2. The zero-order chi connectivity index (χ0) is 14.4. The van der Waals surface area contributed by atoms with Crippen LogP contribution in [0.5, 0.6) is 0 Å². The van der Waals surface area contributed by atoms with E-state index in [4.69, 9.17) is 0 Å². The summed E-state index contributed by atoms with van der Waals surface area (Å²) in [6, 6.07) is 8.27. The van der Waals surface area contributed by atoms with Crippen molar-refractivity contribution in [3.05, 3.63) is 35.4 Å². The van der Waals surface area contributed by atoms with Gasteiger partial charge in [-0.05, 0) is 24.5 Å². The molecule has 5 heteroatoms. The van der Waals surface area contributed by atoms with E-state index < -0.39 is 0 Å². The fourth-order valence-electron chi connectivity index (χ4n) is 3.79. The van der Waals surface area contributed by atoms with Crippen molar-refractivity contribution in [2.24, 2.45) is 0 Å². The smallest absolute Gasteiger partial charge is 0.252 e. The number of rotatable bonds is 2. The maximum absolute atomic E-state index is 12.5. The zero-order valence-electron chi connectivity index (χ0n) is 11.8. The Bertz CT molecular complexity index is 589. The Morgan fingerprint density at radius 3 is 2.67 bits per heavy atom. The molecular weight excluding hydrogens is 266 g/mol. The molecule has 0 saturated carbocycles. The molecule has 3 aliphatic rings. The third-order valence-corrected chi connectivity index (χ3v) is 4.83. The molecule has 4 rings (SSSR count). The lowest BCUT2D eigenvalue weighted by atomic mass is 10.0. The Hall–Kier alpha value is -1.88. The second kappa shape index (κ2) is 4.84. The van der Waals surface area contributed by atoms with E-state index in [2.05, 4.69) is 10.6 Å². The highest BCUT2D eigenvalue weighted by Gasteiger charge is 2.36. The van der Waals surface area contributed by atoms with Crippen molar-refractivity contribution in [2.45, 2.75) is 37.4 Å². The molecular formula is C16H19N3O2. The number of benzene rings is 1. The maximum atomic E-state index is 12.5. The van der Waals surface area contributed by atoms with Crippen molar-refractivity contribution in [2.75, 3.05) is 13.1 Å². The van der Waals surface area contributed by atoms with Crippen LogP contribution in [0, 0.1) is 0 Å². The lowest BCUT2D eigenvalue weighted by molar-refractivity contribution is -0.133. The van der Waals surface area contributed by atoms with E-state index in [0.717, 1.165) is 31.5 Å². The molecule has 3 aliphatic heterocycles. The van der Waals surface area contributed by atoms with Crippen LogP contribution in [0.15, 0.2) is 24.3 Å². The van der Waals surface area contributed by atoms with E-state index in [1.54, 1.807) is 0 Å². The van der Waals surface area contributed by atoms with Gasteiger partial charge in [-0.15, -0.1) is 0 Å². The Morgan fingerprint density at radius 2 is 1.90 bits per heavy atom. The van der Waals surface area contributed by atoms with E-state index in [9.17, 15) is 9.59 Å². The largest absolute Gasteiger partial charge is 0.345 e. The van der Waals surface area contributed by atoms with E-state index in [1.165, 1.54) is 0 Å². The molecule has 2 bridgehead atoms. The standard InChI is InChI=1S/C16H19N3O2/c20-15(19-8-10-5-6-11(9-19)17-10)7-14-12-3-1-2-4-13(12)16(21)18-14/h1-4,10-11,14,17H,5-9H2,(H,18,21)/t10-,11+,14-/m1/s1. The summed E-state index contributed by atoms with van der Waals surface area (Å²) < 4.78 is 0. The lowest BCUT2D eigenvalue weighted by Crippen LogP contribution is -2.53. The number of fused-ring (bicyclic) bond motifs is 3.